The lowest BCUT2D eigenvalue weighted by atomic mass is 9.75. The first-order valence-corrected chi connectivity index (χ1v) is 10.5. The van der Waals surface area contributed by atoms with Crippen molar-refractivity contribution >= 4 is 29.3 Å². The molecule has 2 aliphatic rings. The highest BCUT2D eigenvalue weighted by atomic mass is 35.5. The Kier molecular flexibility index (Phi) is 5.45. The van der Waals surface area contributed by atoms with Crippen LogP contribution in [0, 0.1) is 11.8 Å². The van der Waals surface area contributed by atoms with E-state index in [0.29, 0.717) is 21.8 Å². The van der Waals surface area contributed by atoms with Crippen LogP contribution in [0.15, 0.2) is 29.4 Å². The molecule has 2 aromatic rings. The first-order valence-electron chi connectivity index (χ1n) is 9.15. The fraction of sp³-hybridized carbons (Fsp3) is 0.556. The zero-order valence-corrected chi connectivity index (χ0v) is 16.1. The first-order chi connectivity index (χ1) is 12.7. The second-order valence-corrected chi connectivity index (χ2v) is 8.45. The standard InChI is InChI=1S/C18H22ClN5OS/c19-15-5-7-16(8-6-15)24-18(20-21-22-24)26-12-17(25)23-10-9-13-3-1-2-4-14(13)11-23/h5-8,13-14H,1-4,9-12H2/t13-,14+/m0/s1. The number of halogens is 1. The van der Waals surface area contributed by atoms with Crippen LogP contribution in [-0.2, 0) is 4.79 Å². The Balaban J connectivity index is 1.36. The molecular formula is C18H22ClN5OS. The minimum absolute atomic E-state index is 0.185. The van der Waals surface area contributed by atoms with E-state index < -0.39 is 0 Å². The average molecular weight is 392 g/mol. The van der Waals surface area contributed by atoms with Gasteiger partial charge in [-0.25, -0.2) is 0 Å². The highest BCUT2D eigenvalue weighted by molar-refractivity contribution is 7.99. The molecule has 0 spiro atoms. The third kappa shape index (κ3) is 3.88. The Labute approximate surface area is 162 Å². The number of piperidine rings is 1. The van der Waals surface area contributed by atoms with Crippen LogP contribution in [0.3, 0.4) is 0 Å². The van der Waals surface area contributed by atoms with Crippen LogP contribution >= 0.6 is 23.4 Å². The van der Waals surface area contributed by atoms with Gasteiger partial charge in [-0.2, -0.15) is 4.68 Å². The summed E-state index contributed by atoms with van der Waals surface area (Å²) in [5.74, 6) is 2.08. The number of carbonyl (C=O) groups is 1. The molecule has 138 valence electrons. The summed E-state index contributed by atoms with van der Waals surface area (Å²) < 4.78 is 1.64. The Morgan fingerprint density at radius 3 is 2.73 bits per heavy atom. The molecule has 6 nitrogen and oxygen atoms in total. The van der Waals surface area contributed by atoms with Gasteiger partial charge in [0, 0.05) is 18.1 Å². The summed E-state index contributed by atoms with van der Waals surface area (Å²) in [5.41, 5.74) is 0.831. The summed E-state index contributed by atoms with van der Waals surface area (Å²) in [6.45, 7) is 1.81. The van der Waals surface area contributed by atoms with Gasteiger partial charge in [0.15, 0.2) is 0 Å². The summed E-state index contributed by atoms with van der Waals surface area (Å²) >= 11 is 7.32. The molecule has 1 amide bonds. The minimum Gasteiger partial charge on any atom is -0.342 e. The van der Waals surface area contributed by atoms with Crippen molar-refractivity contribution in [3.63, 3.8) is 0 Å². The molecule has 1 aromatic carbocycles. The van der Waals surface area contributed by atoms with Crippen molar-refractivity contribution in [3.05, 3.63) is 29.3 Å². The van der Waals surface area contributed by atoms with Crippen LogP contribution in [0.4, 0.5) is 0 Å². The zero-order chi connectivity index (χ0) is 17.9. The van der Waals surface area contributed by atoms with Gasteiger partial charge in [-0.15, -0.1) is 5.10 Å². The number of nitrogens with zero attached hydrogens (tertiary/aromatic N) is 5. The third-order valence-corrected chi connectivity index (χ3v) is 6.64. The SMILES string of the molecule is O=C(CSc1nnnn1-c1ccc(Cl)cc1)N1CC[C@@H]2CCCC[C@@H]2C1. The molecular weight excluding hydrogens is 370 g/mol. The van der Waals surface area contributed by atoms with Crippen LogP contribution in [0.5, 0.6) is 0 Å². The van der Waals surface area contributed by atoms with Gasteiger partial charge >= 0.3 is 0 Å². The van der Waals surface area contributed by atoms with Crippen LogP contribution in [-0.4, -0.2) is 49.9 Å². The molecule has 2 fully saturated rings. The fourth-order valence-electron chi connectivity index (χ4n) is 4.06. The number of hydrogen-bond donors (Lipinski definition) is 0. The molecule has 2 atom stereocenters. The number of likely N-dealkylation sites (tertiary alicyclic amines) is 1. The van der Waals surface area contributed by atoms with E-state index in [2.05, 4.69) is 15.5 Å². The Hall–Kier alpha value is -1.60. The van der Waals surface area contributed by atoms with Crippen LogP contribution in [0.1, 0.15) is 32.1 Å². The predicted molar refractivity (Wildman–Crippen MR) is 102 cm³/mol. The molecule has 1 aromatic heterocycles. The topological polar surface area (TPSA) is 63.9 Å². The summed E-state index contributed by atoms with van der Waals surface area (Å²) in [4.78, 5) is 14.7. The van der Waals surface area contributed by atoms with E-state index in [4.69, 9.17) is 11.6 Å². The highest BCUT2D eigenvalue weighted by Gasteiger charge is 2.32. The fourth-order valence-corrected chi connectivity index (χ4v) is 4.98. The number of fused-ring (bicyclic) bond motifs is 1. The molecule has 1 saturated carbocycles. The first kappa shape index (κ1) is 17.8. The van der Waals surface area contributed by atoms with Crippen molar-refractivity contribution in [2.45, 2.75) is 37.3 Å². The molecule has 1 aliphatic heterocycles. The van der Waals surface area contributed by atoms with Crippen molar-refractivity contribution in [2.24, 2.45) is 11.8 Å². The van der Waals surface area contributed by atoms with Crippen molar-refractivity contribution in [2.75, 3.05) is 18.8 Å². The molecule has 0 N–H and O–H groups in total. The predicted octanol–water partition coefficient (Wildman–Crippen LogP) is 3.45. The van der Waals surface area contributed by atoms with Gasteiger partial charge in [0.25, 0.3) is 0 Å². The summed E-state index contributed by atoms with van der Waals surface area (Å²) in [6.07, 6.45) is 6.45. The largest absolute Gasteiger partial charge is 0.342 e. The van der Waals surface area contributed by atoms with E-state index in [-0.39, 0.29) is 5.91 Å². The van der Waals surface area contributed by atoms with E-state index >= 15 is 0 Å². The van der Waals surface area contributed by atoms with Crippen molar-refractivity contribution in [1.82, 2.24) is 25.1 Å². The van der Waals surface area contributed by atoms with Crippen molar-refractivity contribution in [3.8, 4) is 5.69 Å². The Morgan fingerprint density at radius 2 is 1.92 bits per heavy atom. The van der Waals surface area contributed by atoms with E-state index in [9.17, 15) is 4.79 Å². The van der Waals surface area contributed by atoms with Crippen LogP contribution in [0.2, 0.25) is 5.02 Å². The van der Waals surface area contributed by atoms with Gasteiger partial charge < -0.3 is 4.90 Å². The number of hydrogen-bond acceptors (Lipinski definition) is 5. The van der Waals surface area contributed by atoms with Crippen molar-refractivity contribution in [1.29, 1.82) is 0 Å². The molecule has 26 heavy (non-hydrogen) atoms. The summed E-state index contributed by atoms with van der Waals surface area (Å²) in [7, 11) is 0. The monoisotopic (exact) mass is 391 g/mol. The van der Waals surface area contributed by atoms with E-state index in [1.165, 1.54) is 37.4 Å². The summed E-state index contributed by atoms with van der Waals surface area (Å²) in [6, 6.07) is 7.32. The summed E-state index contributed by atoms with van der Waals surface area (Å²) in [5, 5.41) is 13.1. The van der Waals surface area contributed by atoms with Crippen LogP contribution < -0.4 is 0 Å². The second-order valence-electron chi connectivity index (χ2n) is 7.07. The van der Waals surface area contributed by atoms with Gasteiger partial charge in [0.2, 0.25) is 11.1 Å². The maximum Gasteiger partial charge on any atom is 0.233 e. The van der Waals surface area contributed by atoms with E-state index in [1.807, 2.05) is 17.0 Å². The zero-order valence-electron chi connectivity index (χ0n) is 14.6. The van der Waals surface area contributed by atoms with Gasteiger partial charge in [0.1, 0.15) is 0 Å². The smallest absolute Gasteiger partial charge is 0.233 e. The molecule has 1 aliphatic carbocycles. The number of rotatable bonds is 4. The Bertz CT molecular complexity index is 765. The second kappa shape index (κ2) is 7.96. The number of amides is 1. The van der Waals surface area contributed by atoms with E-state index in [1.54, 1.807) is 16.8 Å². The van der Waals surface area contributed by atoms with Gasteiger partial charge in [-0.1, -0.05) is 42.6 Å². The number of thioether (sulfide) groups is 1. The third-order valence-electron chi connectivity index (χ3n) is 5.48. The number of tetrazole rings is 1. The highest BCUT2D eigenvalue weighted by Crippen LogP contribution is 2.36. The minimum atomic E-state index is 0.185. The number of carbonyl (C=O) groups excluding carboxylic acids is 1. The van der Waals surface area contributed by atoms with Gasteiger partial charge in [0.05, 0.1) is 11.4 Å². The van der Waals surface area contributed by atoms with E-state index in [0.717, 1.165) is 31.1 Å². The average Bonchev–Trinajstić information content (AvgIpc) is 3.15. The van der Waals surface area contributed by atoms with Crippen LogP contribution in [0.25, 0.3) is 5.69 Å². The number of benzene rings is 1. The molecule has 1 saturated heterocycles. The van der Waals surface area contributed by atoms with Gasteiger partial charge in [-0.05, 0) is 59.4 Å². The lowest BCUT2D eigenvalue weighted by Crippen LogP contribution is -2.45. The lowest BCUT2D eigenvalue weighted by Gasteiger charge is -2.41. The number of aromatic nitrogens is 4. The normalized spacial score (nSPS) is 22.9. The quantitative estimate of drug-likeness (QED) is 0.747. The molecule has 2 heterocycles. The molecule has 8 heteroatoms. The lowest BCUT2D eigenvalue weighted by molar-refractivity contribution is -0.131. The molecule has 0 unspecified atom stereocenters. The molecule has 4 rings (SSSR count). The Morgan fingerprint density at radius 1 is 1.15 bits per heavy atom. The molecule has 0 bridgehead atoms. The molecule has 0 radical (unpaired) electrons. The van der Waals surface area contributed by atoms with Crippen molar-refractivity contribution < 1.29 is 4.79 Å². The maximum absolute atomic E-state index is 12.7. The van der Waals surface area contributed by atoms with Gasteiger partial charge in [-0.3, -0.25) is 4.79 Å². The maximum atomic E-state index is 12.7.